The van der Waals surface area contributed by atoms with Gasteiger partial charge in [-0.1, -0.05) is 17.7 Å². The highest BCUT2D eigenvalue weighted by Crippen LogP contribution is 2.23. The van der Waals surface area contributed by atoms with Gasteiger partial charge in [-0.2, -0.15) is 5.10 Å². The first-order chi connectivity index (χ1) is 12.2. The van der Waals surface area contributed by atoms with Crippen LogP contribution < -0.4 is 15.4 Å². The average molecular weight is 363 g/mol. The normalized spacial score (nSPS) is 17.1. The summed E-state index contributed by atoms with van der Waals surface area (Å²) in [6.07, 6.45) is 3.54. The summed E-state index contributed by atoms with van der Waals surface area (Å²) < 4.78 is 7.34. The largest absolute Gasteiger partial charge is 0.496 e. The summed E-state index contributed by atoms with van der Waals surface area (Å²) in [6.45, 7) is 4.16. The maximum atomic E-state index is 6.01. The molecule has 134 valence electrons. The van der Waals surface area contributed by atoms with Crippen molar-refractivity contribution in [1.82, 2.24) is 25.4 Å². The van der Waals surface area contributed by atoms with Crippen molar-refractivity contribution in [2.45, 2.75) is 38.9 Å². The Kier molecular flexibility index (Phi) is 5.75. The molecule has 3 rings (SSSR count). The van der Waals surface area contributed by atoms with Crippen molar-refractivity contribution >= 4 is 17.6 Å². The van der Waals surface area contributed by atoms with Crippen molar-refractivity contribution < 1.29 is 4.74 Å². The molecule has 0 bridgehead atoms. The van der Waals surface area contributed by atoms with Crippen molar-refractivity contribution in [3.63, 3.8) is 0 Å². The zero-order valence-corrected chi connectivity index (χ0v) is 15.3. The predicted molar refractivity (Wildman–Crippen MR) is 98.1 cm³/mol. The summed E-state index contributed by atoms with van der Waals surface area (Å²) in [5.74, 6) is 2.58. The van der Waals surface area contributed by atoms with Crippen LogP contribution in [0.5, 0.6) is 5.75 Å². The number of halogens is 1. The van der Waals surface area contributed by atoms with Crippen LogP contribution >= 0.6 is 11.6 Å². The molecule has 1 aromatic heterocycles. The quantitative estimate of drug-likeness (QED) is 0.628. The molecule has 0 saturated carbocycles. The second-order valence-electron chi connectivity index (χ2n) is 5.89. The monoisotopic (exact) mass is 362 g/mol. The smallest absolute Gasteiger partial charge is 0.191 e. The van der Waals surface area contributed by atoms with Gasteiger partial charge in [0.1, 0.15) is 17.9 Å². The number of aromatic nitrogens is 3. The van der Waals surface area contributed by atoms with Gasteiger partial charge in [-0.05, 0) is 25.5 Å². The topological polar surface area (TPSA) is 76.4 Å². The van der Waals surface area contributed by atoms with E-state index in [0.717, 1.165) is 49.0 Å². The Labute approximate surface area is 152 Å². The standard InChI is InChI=1S/C17H23ClN6O/c1-3-19-17(20-9-12-4-5-13(18)8-15(12)25-2)23-14-6-7-16-21-11-22-24(16)10-14/h4-5,8,11,14H,3,6-7,9-10H2,1-2H3,(H2,19,20,23). The molecule has 1 aliphatic rings. The fourth-order valence-electron chi connectivity index (χ4n) is 2.88. The van der Waals surface area contributed by atoms with E-state index in [1.54, 1.807) is 19.5 Å². The van der Waals surface area contributed by atoms with Crippen LogP contribution in [-0.2, 0) is 19.5 Å². The first-order valence-corrected chi connectivity index (χ1v) is 8.81. The number of benzene rings is 1. The summed E-state index contributed by atoms with van der Waals surface area (Å²) in [5, 5.41) is 11.7. The first-order valence-electron chi connectivity index (χ1n) is 8.43. The summed E-state index contributed by atoms with van der Waals surface area (Å²) >= 11 is 6.01. The molecule has 0 radical (unpaired) electrons. The van der Waals surface area contributed by atoms with Crippen molar-refractivity contribution in [1.29, 1.82) is 0 Å². The minimum absolute atomic E-state index is 0.277. The Morgan fingerprint density at radius 2 is 2.36 bits per heavy atom. The molecular formula is C17H23ClN6O. The molecule has 0 fully saturated rings. The van der Waals surface area contributed by atoms with Crippen LogP contribution in [0.3, 0.4) is 0 Å². The van der Waals surface area contributed by atoms with Gasteiger partial charge >= 0.3 is 0 Å². The number of guanidine groups is 1. The molecule has 2 aromatic rings. The third kappa shape index (κ3) is 4.42. The molecule has 0 spiro atoms. The SMILES string of the molecule is CCNC(=NCc1ccc(Cl)cc1OC)NC1CCc2ncnn2C1. The van der Waals surface area contributed by atoms with Gasteiger partial charge in [0.15, 0.2) is 5.96 Å². The number of rotatable bonds is 5. The molecular weight excluding hydrogens is 340 g/mol. The van der Waals surface area contributed by atoms with Gasteiger partial charge in [-0.15, -0.1) is 0 Å². The number of nitrogens with zero attached hydrogens (tertiary/aromatic N) is 4. The van der Waals surface area contributed by atoms with Gasteiger partial charge < -0.3 is 15.4 Å². The van der Waals surface area contributed by atoms with Crippen LogP contribution in [0.2, 0.25) is 5.02 Å². The lowest BCUT2D eigenvalue weighted by molar-refractivity contribution is 0.392. The number of methoxy groups -OCH3 is 1. The Morgan fingerprint density at radius 3 is 3.16 bits per heavy atom. The number of hydrogen-bond donors (Lipinski definition) is 2. The summed E-state index contributed by atoms with van der Waals surface area (Å²) in [5.41, 5.74) is 0.992. The molecule has 1 atom stereocenters. The maximum Gasteiger partial charge on any atom is 0.191 e. The lowest BCUT2D eigenvalue weighted by atomic mass is 10.1. The Hall–Kier alpha value is -2.28. The van der Waals surface area contributed by atoms with Crippen molar-refractivity contribution in [3.8, 4) is 5.75 Å². The zero-order chi connectivity index (χ0) is 17.6. The molecule has 0 aliphatic carbocycles. The van der Waals surface area contributed by atoms with Gasteiger partial charge in [-0.3, -0.25) is 0 Å². The van der Waals surface area contributed by atoms with Gasteiger partial charge in [0.25, 0.3) is 0 Å². The Bertz CT molecular complexity index is 744. The van der Waals surface area contributed by atoms with Crippen LogP contribution in [-0.4, -0.2) is 40.4 Å². The minimum atomic E-state index is 0.277. The van der Waals surface area contributed by atoms with E-state index >= 15 is 0 Å². The molecule has 1 aromatic carbocycles. The molecule has 2 heterocycles. The van der Waals surface area contributed by atoms with Gasteiger partial charge in [0.05, 0.1) is 20.2 Å². The van der Waals surface area contributed by atoms with E-state index < -0.39 is 0 Å². The Balaban J connectivity index is 1.67. The number of ether oxygens (including phenoxy) is 1. The van der Waals surface area contributed by atoms with Crippen LogP contribution in [0, 0.1) is 0 Å². The molecule has 2 N–H and O–H groups in total. The van der Waals surface area contributed by atoms with Crippen LogP contribution in [0.1, 0.15) is 24.7 Å². The maximum absolute atomic E-state index is 6.01. The highest BCUT2D eigenvalue weighted by Gasteiger charge is 2.20. The summed E-state index contributed by atoms with van der Waals surface area (Å²) in [7, 11) is 1.64. The Morgan fingerprint density at radius 1 is 1.48 bits per heavy atom. The van der Waals surface area contributed by atoms with Gasteiger partial charge in [0, 0.05) is 29.6 Å². The van der Waals surface area contributed by atoms with E-state index in [2.05, 4.69) is 32.6 Å². The third-order valence-electron chi connectivity index (χ3n) is 4.15. The first kappa shape index (κ1) is 17.5. The highest BCUT2D eigenvalue weighted by molar-refractivity contribution is 6.30. The van der Waals surface area contributed by atoms with Gasteiger partial charge in [0.2, 0.25) is 0 Å². The van der Waals surface area contributed by atoms with Crippen molar-refractivity contribution in [2.24, 2.45) is 4.99 Å². The second kappa shape index (κ2) is 8.20. The van der Waals surface area contributed by atoms with Crippen LogP contribution in [0.25, 0.3) is 0 Å². The van der Waals surface area contributed by atoms with Crippen LogP contribution in [0.15, 0.2) is 29.5 Å². The van der Waals surface area contributed by atoms with E-state index in [-0.39, 0.29) is 6.04 Å². The number of aliphatic imine (C=N–C) groups is 1. The molecule has 1 aliphatic heterocycles. The van der Waals surface area contributed by atoms with Gasteiger partial charge in [-0.25, -0.2) is 14.7 Å². The number of fused-ring (bicyclic) bond motifs is 1. The average Bonchev–Trinajstić information content (AvgIpc) is 3.08. The predicted octanol–water partition coefficient (Wildman–Crippen LogP) is 2.01. The molecule has 0 amide bonds. The van der Waals surface area contributed by atoms with E-state index in [0.29, 0.717) is 11.6 Å². The summed E-state index contributed by atoms with van der Waals surface area (Å²) in [6, 6.07) is 5.87. The fraction of sp³-hybridized carbons (Fsp3) is 0.471. The van der Waals surface area contributed by atoms with E-state index in [4.69, 9.17) is 16.3 Å². The van der Waals surface area contributed by atoms with E-state index in [1.807, 2.05) is 16.8 Å². The number of aryl methyl sites for hydroxylation is 1. The van der Waals surface area contributed by atoms with Crippen molar-refractivity contribution in [2.75, 3.05) is 13.7 Å². The molecule has 8 heteroatoms. The minimum Gasteiger partial charge on any atom is -0.496 e. The molecule has 25 heavy (non-hydrogen) atoms. The second-order valence-corrected chi connectivity index (χ2v) is 6.33. The highest BCUT2D eigenvalue weighted by atomic mass is 35.5. The number of hydrogen-bond acceptors (Lipinski definition) is 4. The lowest BCUT2D eigenvalue weighted by Crippen LogP contribution is -2.47. The van der Waals surface area contributed by atoms with Crippen molar-refractivity contribution in [3.05, 3.63) is 40.9 Å². The third-order valence-corrected chi connectivity index (χ3v) is 4.38. The van der Waals surface area contributed by atoms with E-state index in [1.165, 1.54) is 0 Å². The molecule has 0 saturated heterocycles. The zero-order valence-electron chi connectivity index (χ0n) is 14.5. The number of nitrogens with one attached hydrogen (secondary N) is 2. The lowest BCUT2D eigenvalue weighted by Gasteiger charge is -2.25. The molecule has 7 nitrogen and oxygen atoms in total. The fourth-order valence-corrected chi connectivity index (χ4v) is 3.04. The summed E-state index contributed by atoms with van der Waals surface area (Å²) in [4.78, 5) is 8.95. The van der Waals surface area contributed by atoms with E-state index in [9.17, 15) is 0 Å². The van der Waals surface area contributed by atoms with Crippen LogP contribution in [0.4, 0.5) is 0 Å². The molecule has 1 unspecified atom stereocenters.